The Kier molecular flexibility index (Phi) is 4.63. The van der Waals surface area contributed by atoms with Crippen molar-refractivity contribution in [1.29, 1.82) is 5.26 Å². The van der Waals surface area contributed by atoms with Gasteiger partial charge in [0.1, 0.15) is 5.69 Å². The lowest BCUT2D eigenvalue weighted by atomic mass is 10.1. The molecule has 1 heterocycles. The Balaban J connectivity index is 3.19. The van der Waals surface area contributed by atoms with Crippen LogP contribution < -0.4 is 0 Å². The average Bonchev–Trinajstić information content (AvgIpc) is 2.36. The largest absolute Gasteiger partial charge is 0.351 e. The molecule has 0 fully saturated rings. The third-order valence-corrected chi connectivity index (χ3v) is 5.04. The van der Waals surface area contributed by atoms with Crippen LogP contribution in [0.1, 0.15) is 30.4 Å². The molecule has 1 rings (SSSR count). The molecule has 1 aromatic heterocycles. The number of rotatable bonds is 4. The van der Waals surface area contributed by atoms with Crippen LogP contribution in [-0.2, 0) is 15.7 Å². The van der Waals surface area contributed by atoms with Gasteiger partial charge >= 0.3 is 11.8 Å². The summed E-state index contributed by atoms with van der Waals surface area (Å²) >= 11 is 0. The molecule has 0 radical (unpaired) electrons. The molecule has 0 saturated heterocycles. The number of pyridine rings is 1. The normalized spacial score (nSPS) is 16.7. The average molecular weight is 323 g/mol. The van der Waals surface area contributed by atoms with Crippen LogP contribution in [0.4, 0.5) is 17.6 Å². The second-order valence-electron chi connectivity index (χ2n) is 4.63. The highest BCUT2D eigenvalue weighted by Crippen LogP contribution is 2.41. The zero-order valence-electron chi connectivity index (χ0n) is 11.5. The van der Waals surface area contributed by atoms with Crippen molar-refractivity contribution in [2.45, 2.75) is 30.9 Å². The fourth-order valence-electron chi connectivity index (χ4n) is 1.47. The molecule has 0 saturated carbocycles. The van der Waals surface area contributed by atoms with E-state index in [1.165, 1.54) is 19.4 Å². The summed E-state index contributed by atoms with van der Waals surface area (Å²) in [5.74, 6) is -8.65. The first-order valence-electron chi connectivity index (χ1n) is 5.74. The van der Waals surface area contributed by atoms with Gasteiger partial charge in [0.05, 0.1) is 15.0 Å². The minimum Gasteiger partial charge on any atom is -0.254 e. The zero-order chi connectivity index (χ0) is 16.5. The smallest absolute Gasteiger partial charge is 0.254 e. The molecule has 2 atom stereocenters. The third-order valence-electron chi connectivity index (χ3n) is 3.01. The van der Waals surface area contributed by atoms with Gasteiger partial charge in [0, 0.05) is 19.4 Å². The van der Waals surface area contributed by atoms with Crippen molar-refractivity contribution in [3.05, 3.63) is 29.6 Å². The van der Waals surface area contributed by atoms with Crippen LogP contribution in [0.5, 0.6) is 0 Å². The number of aromatic nitrogens is 1. The lowest BCUT2D eigenvalue weighted by molar-refractivity contribution is -0.207. The summed E-state index contributed by atoms with van der Waals surface area (Å²) in [6.45, 7) is 1.59. The summed E-state index contributed by atoms with van der Waals surface area (Å²) in [4.78, 5) is 3.33. The first kappa shape index (κ1) is 17.4. The molecule has 0 aliphatic heterocycles. The van der Waals surface area contributed by atoms with Gasteiger partial charge in [-0.1, -0.05) is 6.07 Å². The third kappa shape index (κ3) is 3.50. The van der Waals surface area contributed by atoms with Crippen molar-refractivity contribution in [3.8, 4) is 6.19 Å². The van der Waals surface area contributed by atoms with Gasteiger partial charge in [-0.05, 0) is 18.6 Å². The lowest BCUT2D eigenvalue weighted by Crippen LogP contribution is -2.35. The molecule has 116 valence electrons. The van der Waals surface area contributed by atoms with Crippen molar-refractivity contribution in [2.24, 2.45) is 4.36 Å². The summed E-state index contributed by atoms with van der Waals surface area (Å²) < 4.78 is 67.9. The van der Waals surface area contributed by atoms with Gasteiger partial charge < -0.3 is 0 Å². The van der Waals surface area contributed by atoms with Crippen molar-refractivity contribution in [1.82, 2.24) is 4.98 Å². The molecule has 0 amide bonds. The van der Waals surface area contributed by atoms with Crippen molar-refractivity contribution in [2.75, 3.05) is 6.26 Å². The number of hydrogen-bond donors (Lipinski definition) is 0. The maximum absolute atomic E-state index is 13.4. The first-order valence-corrected chi connectivity index (χ1v) is 7.73. The molecule has 0 aliphatic carbocycles. The molecule has 4 nitrogen and oxygen atoms in total. The molecular weight excluding hydrogens is 310 g/mol. The summed E-state index contributed by atoms with van der Waals surface area (Å²) in [6.07, 6.45) is 3.60. The maximum atomic E-state index is 13.4. The summed E-state index contributed by atoms with van der Waals surface area (Å²) in [6, 6.07) is 1.88. The van der Waals surface area contributed by atoms with E-state index < -0.39 is 32.5 Å². The van der Waals surface area contributed by atoms with Crippen LogP contribution in [0, 0.1) is 11.5 Å². The molecule has 1 aromatic rings. The monoisotopic (exact) mass is 323 g/mol. The zero-order valence-corrected chi connectivity index (χ0v) is 12.3. The van der Waals surface area contributed by atoms with Crippen LogP contribution in [0.25, 0.3) is 0 Å². The van der Waals surface area contributed by atoms with Gasteiger partial charge in [0.2, 0.25) is 6.19 Å². The fourth-order valence-corrected chi connectivity index (χ4v) is 2.43. The molecule has 0 N–H and O–H groups in total. The van der Waals surface area contributed by atoms with Crippen LogP contribution >= 0.6 is 0 Å². The molecule has 21 heavy (non-hydrogen) atoms. The quantitative estimate of drug-likeness (QED) is 0.629. The molecule has 0 aliphatic rings. The fraction of sp³-hybridized carbons (Fsp3) is 0.500. The van der Waals surface area contributed by atoms with Gasteiger partial charge in [-0.2, -0.15) is 22.8 Å². The number of nitrogens with zero attached hydrogens (tertiary/aromatic N) is 3. The molecule has 9 heteroatoms. The Morgan fingerprint density at radius 1 is 1.38 bits per heavy atom. The first-order chi connectivity index (χ1) is 9.43. The van der Waals surface area contributed by atoms with Gasteiger partial charge in [0.15, 0.2) is 0 Å². The predicted octanol–water partition coefficient (Wildman–Crippen LogP) is 3.47. The van der Waals surface area contributed by atoms with E-state index in [9.17, 15) is 21.8 Å². The SMILES string of the molecule is CC(c1ccc(C(F)(F)C(C)(F)F)nc1)S(C)(=O)=NC#N. The highest BCUT2D eigenvalue weighted by atomic mass is 32.2. The lowest BCUT2D eigenvalue weighted by Gasteiger charge is -2.22. The van der Waals surface area contributed by atoms with E-state index in [1.807, 2.05) is 0 Å². The Morgan fingerprint density at radius 2 is 1.95 bits per heavy atom. The van der Waals surface area contributed by atoms with Crippen LogP contribution in [-0.4, -0.2) is 21.4 Å². The highest BCUT2D eigenvalue weighted by Gasteiger charge is 2.54. The van der Waals surface area contributed by atoms with Gasteiger partial charge in [-0.25, -0.2) is 4.21 Å². The number of alkyl halides is 4. The summed E-state index contributed by atoms with van der Waals surface area (Å²) in [7, 11) is -2.90. The van der Waals surface area contributed by atoms with E-state index in [0.29, 0.717) is 0 Å². The number of halogens is 4. The molecule has 0 bridgehead atoms. The Labute approximate surface area is 120 Å². The molecule has 2 unspecified atom stereocenters. The van der Waals surface area contributed by atoms with Crippen LogP contribution in [0.2, 0.25) is 0 Å². The van der Waals surface area contributed by atoms with E-state index >= 15 is 0 Å². The topological polar surface area (TPSA) is 66.1 Å². The van der Waals surface area contributed by atoms with E-state index in [-0.39, 0.29) is 12.5 Å². The predicted molar refractivity (Wildman–Crippen MR) is 69.3 cm³/mol. The maximum Gasteiger partial charge on any atom is 0.351 e. The van der Waals surface area contributed by atoms with Crippen LogP contribution in [0.3, 0.4) is 0 Å². The minimum atomic E-state index is -4.40. The molecule has 0 spiro atoms. The Hall–Kier alpha value is -1.69. The Bertz CT molecular complexity index is 667. The van der Waals surface area contributed by atoms with E-state index in [1.54, 1.807) is 0 Å². The second-order valence-corrected chi connectivity index (χ2v) is 7.25. The van der Waals surface area contributed by atoms with Gasteiger partial charge in [-0.3, -0.25) is 4.98 Å². The van der Waals surface area contributed by atoms with Crippen LogP contribution in [0.15, 0.2) is 22.7 Å². The van der Waals surface area contributed by atoms with Crippen molar-refractivity contribution < 1.29 is 21.8 Å². The minimum absolute atomic E-state index is 0.107. The standard InChI is InChI=1S/C12H13F4N3OS/c1-8(21(3,20)19-7-17)9-4-5-10(18-6-9)12(15,16)11(2,13)14/h4-6,8H,1-3H3. The summed E-state index contributed by atoms with van der Waals surface area (Å²) in [5.41, 5.74) is -0.814. The van der Waals surface area contributed by atoms with E-state index in [0.717, 1.165) is 18.3 Å². The van der Waals surface area contributed by atoms with E-state index in [4.69, 9.17) is 5.26 Å². The van der Waals surface area contributed by atoms with E-state index in [2.05, 4.69) is 9.35 Å². The van der Waals surface area contributed by atoms with Gasteiger partial charge in [0.25, 0.3) is 0 Å². The van der Waals surface area contributed by atoms with Crippen molar-refractivity contribution >= 4 is 9.73 Å². The Morgan fingerprint density at radius 3 is 2.33 bits per heavy atom. The highest BCUT2D eigenvalue weighted by molar-refractivity contribution is 7.93. The summed E-state index contributed by atoms with van der Waals surface area (Å²) in [5, 5.41) is 7.69. The van der Waals surface area contributed by atoms with Gasteiger partial charge in [-0.15, -0.1) is 4.36 Å². The second kappa shape index (κ2) is 5.60. The number of nitriles is 1. The number of hydrogen-bond acceptors (Lipinski definition) is 4. The van der Waals surface area contributed by atoms with Crippen molar-refractivity contribution in [3.63, 3.8) is 0 Å². The molecular formula is C12H13F4N3OS. The molecule has 0 aromatic carbocycles.